The molecule has 0 saturated carbocycles. The summed E-state index contributed by atoms with van der Waals surface area (Å²) in [5.41, 5.74) is 1.94. The molecule has 0 bridgehead atoms. The number of rotatable bonds is 11. The quantitative estimate of drug-likeness (QED) is 0.286. The molecule has 4 atom stereocenters. The molecule has 1 aromatic heterocycles. The molecule has 172 valence electrons. The van der Waals surface area contributed by atoms with Crippen LogP contribution in [0.2, 0.25) is 0 Å². The SMILES string of the molecule is COc1cc(NCCCCCCN2CC(O)C(O)C(O)C2CO)cc(-c2ncc[nH]2)c1. The maximum atomic E-state index is 10.0. The van der Waals surface area contributed by atoms with E-state index < -0.39 is 24.4 Å². The number of β-amino-alcohol motifs (C(OH)–C–C–N with tert-alkyl or cyclic N) is 1. The zero-order chi connectivity index (χ0) is 22.2. The zero-order valence-electron chi connectivity index (χ0n) is 17.9. The number of hydrogen-bond donors (Lipinski definition) is 6. The lowest BCUT2D eigenvalue weighted by atomic mass is 9.94. The van der Waals surface area contributed by atoms with Gasteiger partial charge in [-0.1, -0.05) is 12.8 Å². The van der Waals surface area contributed by atoms with E-state index in [1.807, 2.05) is 23.1 Å². The second kappa shape index (κ2) is 11.4. The number of aromatic nitrogens is 2. The number of likely N-dealkylation sites (tertiary alicyclic amines) is 1. The van der Waals surface area contributed by atoms with Gasteiger partial charge in [-0.2, -0.15) is 0 Å². The summed E-state index contributed by atoms with van der Waals surface area (Å²) in [6, 6.07) is 5.41. The number of imidazole rings is 1. The Kier molecular flexibility index (Phi) is 8.68. The number of ether oxygens (including phenoxy) is 1. The van der Waals surface area contributed by atoms with Crippen LogP contribution in [0.15, 0.2) is 30.6 Å². The predicted octanol–water partition coefficient (Wildman–Crippen LogP) is 0.817. The molecular formula is C22H34N4O5. The Hall–Kier alpha value is -2.17. The molecule has 1 aromatic carbocycles. The average Bonchev–Trinajstić information content (AvgIpc) is 3.32. The molecular weight excluding hydrogens is 400 g/mol. The highest BCUT2D eigenvalue weighted by Gasteiger charge is 2.40. The Morgan fingerprint density at radius 1 is 1.13 bits per heavy atom. The normalized spacial score (nSPS) is 24.3. The molecule has 1 aliphatic heterocycles. The molecule has 0 radical (unpaired) electrons. The summed E-state index contributed by atoms with van der Waals surface area (Å²) in [6.07, 6.45) is 4.12. The summed E-state index contributed by atoms with van der Waals surface area (Å²) < 4.78 is 5.39. The van der Waals surface area contributed by atoms with Crippen molar-refractivity contribution in [3.63, 3.8) is 0 Å². The van der Waals surface area contributed by atoms with Crippen LogP contribution in [0.1, 0.15) is 25.7 Å². The Labute approximate surface area is 182 Å². The van der Waals surface area contributed by atoms with E-state index in [-0.39, 0.29) is 13.2 Å². The Morgan fingerprint density at radius 2 is 1.94 bits per heavy atom. The number of hydrogen-bond acceptors (Lipinski definition) is 8. The number of methoxy groups -OCH3 is 1. The van der Waals surface area contributed by atoms with Gasteiger partial charge in [-0.25, -0.2) is 4.98 Å². The molecule has 0 amide bonds. The molecule has 31 heavy (non-hydrogen) atoms. The second-order valence-corrected chi connectivity index (χ2v) is 8.02. The summed E-state index contributed by atoms with van der Waals surface area (Å²) in [4.78, 5) is 9.27. The Morgan fingerprint density at radius 3 is 2.65 bits per heavy atom. The number of nitrogens with one attached hydrogen (secondary N) is 2. The lowest BCUT2D eigenvalue weighted by molar-refractivity contribution is -0.145. The smallest absolute Gasteiger partial charge is 0.137 e. The van der Waals surface area contributed by atoms with Gasteiger partial charge in [0.15, 0.2) is 0 Å². The van der Waals surface area contributed by atoms with Gasteiger partial charge in [-0.3, -0.25) is 4.90 Å². The van der Waals surface area contributed by atoms with Crippen molar-refractivity contribution in [3.05, 3.63) is 30.6 Å². The third-order valence-electron chi connectivity index (χ3n) is 5.83. The number of anilines is 1. The molecule has 3 rings (SSSR count). The number of benzene rings is 1. The van der Waals surface area contributed by atoms with Crippen molar-refractivity contribution in [1.82, 2.24) is 14.9 Å². The molecule has 1 aliphatic rings. The van der Waals surface area contributed by atoms with Crippen LogP contribution in [-0.2, 0) is 0 Å². The van der Waals surface area contributed by atoms with Crippen molar-refractivity contribution in [2.45, 2.75) is 50.0 Å². The Balaban J connectivity index is 1.38. The Bertz CT molecular complexity index is 788. The maximum absolute atomic E-state index is 10.0. The van der Waals surface area contributed by atoms with Crippen molar-refractivity contribution in [3.8, 4) is 17.1 Å². The van der Waals surface area contributed by atoms with Gasteiger partial charge in [0.05, 0.1) is 25.9 Å². The van der Waals surface area contributed by atoms with E-state index in [9.17, 15) is 20.4 Å². The van der Waals surface area contributed by atoms with E-state index in [4.69, 9.17) is 4.74 Å². The molecule has 4 unspecified atom stereocenters. The largest absolute Gasteiger partial charge is 0.497 e. The first kappa shape index (κ1) is 23.5. The van der Waals surface area contributed by atoms with Crippen LogP contribution in [0.4, 0.5) is 5.69 Å². The first-order chi connectivity index (χ1) is 15.0. The molecule has 9 heteroatoms. The number of H-pyrrole nitrogens is 1. The van der Waals surface area contributed by atoms with E-state index in [2.05, 4.69) is 15.3 Å². The highest BCUT2D eigenvalue weighted by atomic mass is 16.5. The van der Waals surface area contributed by atoms with Crippen molar-refractivity contribution < 1.29 is 25.2 Å². The minimum atomic E-state index is -1.20. The fourth-order valence-electron chi connectivity index (χ4n) is 4.04. The first-order valence-electron chi connectivity index (χ1n) is 10.8. The first-order valence-corrected chi connectivity index (χ1v) is 10.8. The van der Waals surface area contributed by atoms with Crippen LogP contribution >= 0.6 is 0 Å². The van der Waals surface area contributed by atoms with Gasteiger partial charge in [-0.05, 0) is 31.5 Å². The van der Waals surface area contributed by atoms with Crippen molar-refractivity contribution in [2.75, 3.05) is 38.7 Å². The van der Waals surface area contributed by atoms with Crippen LogP contribution in [0.3, 0.4) is 0 Å². The molecule has 1 fully saturated rings. The van der Waals surface area contributed by atoms with Gasteiger partial charge in [0, 0.05) is 42.8 Å². The number of aliphatic hydroxyl groups is 4. The lowest BCUT2D eigenvalue weighted by Gasteiger charge is -2.43. The highest BCUT2D eigenvalue weighted by Crippen LogP contribution is 2.26. The minimum absolute atomic E-state index is 0.241. The van der Waals surface area contributed by atoms with Gasteiger partial charge < -0.3 is 35.5 Å². The third-order valence-corrected chi connectivity index (χ3v) is 5.83. The van der Waals surface area contributed by atoms with Crippen LogP contribution in [-0.4, -0.2) is 93.0 Å². The van der Waals surface area contributed by atoms with Crippen molar-refractivity contribution >= 4 is 5.69 Å². The molecule has 0 aliphatic carbocycles. The number of aromatic amines is 1. The number of unbranched alkanes of at least 4 members (excludes halogenated alkanes) is 3. The standard InChI is InChI=1S/C22H34N4O5/c1-31-17-11-15(22-24-7-8-25-22)10-16(12-17)23-6-4-2-3-5-9-26-13-19(28)21(30)20(29)18(26)14-27/h7-8,10-12,18-21,23,27-30H,2-6,9,13-14H2,1H3,(H,24,25). The molecule has 1 saturated heterocycles. The number of aliphatic hydroxyl groups excluding tert-OH is 4. The zero-order valence-corrected chi connectivity index (χ0v) is 17.9. The highest BCUT2D eigenvalue weighted by molar-refractivity contribution is 5.65. The average molecular weight is 435 g/mol. The van der Waals surface area contributed by atoms with E-state index in [1.54, 1.807) is 19.5 Å². The van der Waals surface area contributed by atoms with Crippen molar-refractivity contribution in [2.24, 2.45) is 0 Å². The maximum Gasteiger partial charge on any atom is 0.137 e. The lowest BCUT2D eigenvalue weighted by Crippen LogP contribution is -2.62. The van der Waals surface area contributed by atoms with Gasteiger partial charge in [0.1, 0.15) is 23.8 Å². The van der Waals surface area contributed by atoms with E-state index in [0.717, 1.165) is 55.1 Å². The van der Waals surface area contributed by atoms with Crippen molar-refractivity contribution in [1.29, 1.82) is 0 Å². The molecule has 6 N–H and O–H groups in total. The fourth-order valence-corrected chi connectivity index (χ4v) is 4.04. The van der Waals surface area contributed by atoms with Crippen LogP contribution in [0, 0.1) is 0 Å². The van der Waals surface area contributed by atoms with E-state index in [1.165, 1.54) is 0 Å². The number of nitrogens with zero attached hydrogens (tertiary/aromatic N) is 2. The summed E-state index contributed by atoms with van der Waals surface area (Å²) in [7, 11) is 1.65. The monoisotopic (exact) mass is 434 g/mol. The second-order valence-electron chi connectivity index (χ2n) is 8.02. The van der Waals surface area contributed by atoms with Crippen LogP contribution in [0.5, 0.6) is 5.75 Å². The van der Waals surface area contributed by atoms with E-state index >= 15 is 0 Å². The third kappa shape index (κ3) is 6.18. The van der Waals surface area contributed by atoms with Gasteiger partial charge in [0.25, 0.3) is 0 Å². The predicted molar refractivity (Wildman–Crippen MR) is 118 cm³/mol. The topological polar surface area (TPSA) is 134 Å². The molecule has 2 aromatic rings. The molecule has 2 heterocycles. The van der Waals surface area contributed by atoms with E-state index in [0.29, 0.717) is 6.54 Å². The summed E-state index contributed by atoms with van der Waals surface area (Å²) >= 11 is 0. The summed E-state index contributed by atoms with van der Waals surface area (Å²) in [6.45, 7) is 1.52. The van der Waals surface area contributed by atoms with Crippen LogP contribution in [0.25, 0.3) is 11.4 Å². The minimum Gasteiger partial charge on any atom is -0.497 e. The fraction of sp³-hybridized carbons (Fsp3) is 0.591. The summed E-state index contributed by atoms with van der Waals surface area (Å²) in [5.74, 6) is 1.56. The molecule has 9 nitrogen and oxygen atoms in total. The van der Waals surface area contributed by atoms with Gasteiger partial charge in [-0.15, -0.1) is 0 Å². The molecule has 0 spiro atoms. The summed E-state index contributed by atoms with van der Waals surface area (Å²) in [5, 5.41) is 42.6. The van der Waals surface area contributed by atoms with Gasteiger partial charge >= 0.3 is 0 Å². The number of piperidine rings is 1. The van der Waals surface area contributed by atoms with Crippen LogP contribution < -0.4 is 10.1 Å². The van der Waals surface area contributed by atoms with Gasteiger partial charge in [0.2, 0.25) is 0 Å².